The Morgan fingerprint density at radius 2 is 1.83 bits per heavy atom. The number of amides is 1. The van der Waals surface area contributed by atoms with Crippen molar-refractivity contribution in [1.82, 2.24) is 19.6 Å². The van der Waals surface area contributed by atoms with Crippen LogP contribution in [0.1, 0.15) is 33.0 Å². The van der Waals surface area contributed by atoms with E-state index >= 15 is 0 Å². The highest BCUT2D eigenvalue weighted by molar-refractivity contribution is 6.03. The predicted octanol–water partition coefficient (Wildman–Crippen LogP) is 5.19. The van der Waals surface area contributed by atoms with Gasteiger partial charge in [0.2, 0.25) is 0 Å². The largest absolute Gasteiger partial charge is 0.471 e. The molecular formula is C24H21F4N5O2. The van der Waals surface area contributed by atoms with Crippen molar-refractivity contribution in [2.24, 2.45) is 0 Å². The molecule has 0 radical (unpaired) electrons. The number of hydrogen-bond donors (Lipinski definition) is 1. The fraction of sp³-hybridized carbons (Fsp3) is 0.208. The van der Waals surface area contributed by atoms with E-state index in [1.54, 1.807) is 36.7 Å². The highest BCUT2D eigenvalue weighted by Gasteiger charge is 2.30. The topological polar surface area (TPSA) is 74.0 Å². The molecule has 0 atom stereocenters. The summed E-state index contributed by atoms with van der Waals surface area (Å²) in [5.41, 5.74) is 1.41. The molecule has 0 aliphatic carbocycles. The van der Waals surface area contributed by atoms with Crippen LogP contribution in [-0.2, 0) is 19.5 Å². The number of aromatic nitrogens is 4. The first-order valence-corrected chi connectivity index (χ1v) is 10.5. The fourth-order valence-corrected chi connectivity index (χ4v) is 3.45. The first kappa shape index (κ1) is 24.0. The van der Waals surface area contributed by atoms with Crippen molar-refractivity contribution in [3.63, 3.8) is 0 Å². The number of aryl methyl sites for hydroxylation is 1. The number of benzene rings is 2. The lowest BCUT2D eigenvalue weighted by atomic mass is 10.2. The molecule has 11 heteroatoms. The molecule has 4 rings (SSSR count). The van der Waals surface area contributed by atoms with E-state index in [4.69, 9.17) is 4.74 Å². The number of halogens is 4. The van der Waals surface area contributed by atoms with Crippen LogP contribution in [0.4, 0.5) is 23.2 Å². The monoisotopic (exact) mass is 487 g/mol. The van der Waals surface area contributed by atoms with Crippen LogP contribution in [0.3, 0.4) is 0 Å². The Hall–Kier alpha value is -4.15. The Balaban J connectivity index is 1.41. The Kier molecular flexibility index (Phi) is 6.59. The molecule has 182 valence electrons. The van der Waals surface area contributed by atoms with Crippen molar-refractivity contribution in [3.8, 4) is 5.75 Å². The Bertz CT molecular complexity index is 1360. The zero-order valence-corrected chi connectivity index (χ0v) is 18.8. The predicted molar refractivity (Wildman–Crippen MR) is 119 cm³/mol. The zero-order valence-electron chi connectivity index (χ0n) is 18.8. The van der Waals surface area contributed by atoms with Gasteiger partial charge in [-0.25, -0.2) is 9.07 Å². The maximum absolute atomic E-state index is 14.0. The van der Waals surface area contributed by atoms with Crippen LogP contribution < -0.4 is 10.1 Å². The van der Waals surface area contributed by atoms with Gasteiger partial charge in [0.15, 0.2) is 12.4 Å². The van der Waals surface area contributed by atoms with Crippen molar-refractivity contribution < 1.29 is 27.1 Å². The van der Waals surface area contributed by atoms with Gasteiger partial charge in [0, 0.05) is 11.8 Å². The summed E-state index contributed by atoms with van der Waals surface area (Å²) < 4.78 is 60.8. The lowest BCUT2D eigenvalue weighted by Gasteiger charge is -2.10. The third kappa shape index (κ3) is 5.51. The quantitative estimate of drug-likeness (QED) is 0.364. The lowest BCUT2D eigenvalue weighted by Crippen LogP contribution is -2.15. The van der Waals surface area contributed by atoms with Crippen molar-refractivity contribution in [1.29, 1.82) is 0 Å². The Morgan fingerprint density at radius 1 is 1.06 bits per heavy atom. The summed E-state index contributed by atoms with van der Waals surface area (Å²) in [6.07, 6.45) is -3.00. The molecule has 0 bridgehead atoms. The molecule has 2 aromatic carbocycles. The van der Waals surface area contributed by atoms with E-state index in [0.29, 0.717) is 22.6 Å². The summed E-state index contributed by atoms with van der Waals surface area (Å²) in [6.45, 7) is 3.50. The minimum Gasteiger partial charge on any atom is -0.471 e. The van der Waals surface area contributed by atoms with Gasteiger partial charge in [-0.05, 0) is 44.2 Å². The molecule has 4 aromatic rings. The molecule has 0 aliphatic rings. The summed E-state index contributed by atoms with van der Waals surface area (Å²) in [7, 11) is 0. The average Bonchev–Trinajstić information content (AvgIpc) is 3.39. The number of ether oxygens (including phenoxy) is 1. The number of nitrogens with one attached hydrogen (secondary N) is 1. The molecule has 35 heavy (non-hydrogen) atoms. The molecule has 0 saturated carbocycles. The summed E-state index contributed by atoms with van der Waals surface area (Å²) in [6, 6.07) is 12.3. The molecule has 1 N–H and O–H groups in total. The summed E-state index contributed by atoms with van der Waals surface area (Å²) in [5.74, 6) is -0.821. The number of nitrogens with zero attached hydrogens (tertiary/aromatic N) is 4. The Morgan fingerprint density at radius 3 is 2.57 bits per heavy atom. The van der Waals surface area contributed by atoms with E-state index in [1.165, 1.54) is 35.1 Å². The molecule has 0 unspecified atom stereocenters. The number of alkyl halides is 3. The van der Waals surface area contributed by atoms with Crippen LogP contribution in [0.25, 0.3) is 0 Å². The number of carbonyl (C=O) groups is 1. The van der Waals surface area contributed by atoms with Crippen LogP contribution in [0, 0.1) is 19.7 Å². The van der Waals surface area contributed by atoms with E-state index in [1.807, 2.05) is 0 Å². The van der Waals surface area contributed by atoms with E-state index in [2.05, 4.69) is 15.5 Å². The normalized spacial score (nSPS) is 11.5. The lowest BCUT2D eigenvalue weighted by molar-refractivity contribution is -0.137. The first-order valence-electron chi connectivity index (χ1n) is 10.5. The van der Waals surface area contributed by atoms with Gasteiger partial charge in [-0.2, -0.15) is 23.4 Å². The average molecular weight is 487 g/mol. The van der Waals surface area contributed by atoms with Crippen LogP contribution in [0.2, 0.25) is 0 Å². The SMILES string of the molecule is Cc1nn(Cc2ccccc2F)c(C)c1NC(=O)c1ccn(COc2cccc(C(F)(F)F)c2)n1. The zero-order chi connectivity index (χ0) is 25.2. The standard InChI is InChI=1S/C24H21F4N5O2/c1-15-22(16(2)33(30-15)13-17-6-3-4-9-20(17)25)29-23(34)21-10-11-32(31-21)14-35-19-8-5-7-18(12-19)24(26,27)28/h3-12H,13-14H2,1-2H3,(H,29,34). The molecule has 0 saturated heterocycles. The van der Waals surface area contributed by atoms with Gasteiger partial charge in [0.05, 0.1) is 29.2 Å². The Labute approximate surface area is 197 Å². The number of anilines is 1. The van der Waals surface area contributed by atoms with Crippen molar-refractivity contribution in [2.75, 3.05) is 5.32 Å². The second-order valence-corrected chi connectivity index (χ2v) is 7.79. The van der Waals surface area contributed by atoms with E-state index < -0.39 is 17.6 Å². The van der Waals surface area contributed by atoms with Crippen molar-refractivity contribution in [3.05, 3.63) is 94.8 Å². The van der Waals surface area contributed by atoms with E-state index in [0.717, 1.165) is 12.1 Å². The minimum absolute atomic E-state index is 0.0230. The fourth-order valence-electron chi connectivity index (χ4n) is 3.45. The van der Waals surface area contributed by atoms with E-state index in [9.17, 15) is 22.4 Å². The van der Waals surface area contributed by atoms with Crippen LogP contribution >= 0.6 is 0 Å². The second-order valence-electron chi connectivity index (χ2n) is 7.79. The van der Waals surface area contributed by atoms with Crippen LogP contribution in [-0.4, -0.2) is 25.5 Å². The van der Waals surface area contributed by atoms with Crippen molar-refractivity contribution in [2.45, 2.75) is 33.3 Å². The molecule has 0 aliphatic heterocycles. The highest BCUT2D eigenvalue weighted by atomic mass is 19.4. The number of hydrogen-bond acceptors (Lipinski definition) is 4. The number of rotatable bonds is 7. The maximum Gasteiger partial charge on any atom is 0.416 e. The summed E-state index contributed by atoms with van der Waals surface area (Å²) in [5, 5.41) is 11.3. The molecular weight excluding hydrogens is 466 g/mol. The molecule has 0 spiro atoms. The minimum atomic E-state index is -4.48. The van der Waals surface area contributed by atoms with Gasteiger partial charge in [0.1, 0.15) is 11.6 Å². The summed E-state index contributed by atoms with van der Waals surface area (Å²) in [4.78, 5) is 12.7. The van der Waals surface area contributed by atoms with Gasteiger partial charge in [-0.15, -0.1) is 0 Å². The second kappa shape index (κ2) is 9.61. The van der Waals surface area contributed by atoms with Crippen molar-refractivity contribution >= 4 is 11.6 Å². The maximum atomic E-state index is 14.0. The van der Waals surface area contributed by atoms with Gasteiger partial charge in [0.25, 0.3) is 5.91 Å². The van der Waals surface area contributed by atoms with Gasteiger partial charge < -0.3 is 10.1 Å². The highest BCUT2D eigenvalue weighted by Crippen LogP contribution is 2.31. The smallest absolute Gasteiger partial charge is 0.416 e. The third-order valence-electron chi connectivity index (χ3n) is 5.30. The molecule has 1 amide bonds. The first-order chi connectivity index (χ1) is 16.6. The van der Waals surface area contributed by atoms with Crippen LogP contribution in [0.5, 0.6) is 5.75 Å². The van der Waals surface area contributed by atoms with Gasteiger partial charge in [-0.3, -0.25) is 9.48 Å². The molecule has 7 nitrogen and oxygen atoms in total. The molecule has 2 aromatic heterocycles. The van der Waals surface area contributed by atoms with Gasteiger partial charge >= 0.3 is 6.18 Å². The molecule has 0 fully saturated rings. The number of carbonyl (C=O) groups excluding carboxylic acids is 1. The van der Waals surface area contributed by atoms with Gasteiger partial charge in [-0.1, -0.05) is 24.3 Å². The summed E-state index contributed by atoms with van der Waals surface area (Å²) >= 11 is 0. The third-order valence-corrected chi connectivity index (χ3v) is 5.30. The van der Waals surface area contributed by atoms with Crippen LogP contribution in [0.15, 0.2) is 60.8 Å². The molecule has 2 heterocycles. The van der Waals surface area contributed by atoms with E-state index in [-0.39, 0.29) is 30.5 Å².